The zero-order chi connectivity index (χ0) is 14.8. The SMILES string of the molecule is CC1CCN(S(=O)(=O)Cc2ccc(CN)cc2)CC1O. The van der Waals surface area contributed by atoms with Crippen molar-refractivity contribution >= 4 is 10.0 Å². The molecule has 1 aromatic carbocycles. The number of aliphatic hydroxyl groups is 1. The van der Waals surface area contributed by atoms with Gasteiger partial charge in [-0.2, -0.15) is 4.31 Å². The molecule has 0 amide bonds. The Morgan fingerprint density at radius 3 is 2.45 bits per heavy atom. The molecule has 20 heavy (non-hydrogen) atoms. The standard InChI is InChI=1S/C14H22N2O3S/c1-11-6-7-16(9-14(11)17)20(18,19)10-13-4-2-12(8-15)3-5-13/h2-5,11,14,17H,6-10,15H2,1H3. The van der Waals surface area contributed by atoms with Gasteiger partial charge in [0.15, 0.2) is 0 Å². The third-order valence-electron chi connectivity index (χ3n) is 3.88. The molecule has 1 saturated heterocycles. The summed E-state index contributed by atoms with van der Waals surface area (Å²) in [6.07, 6.45) is 0.130. The van der Waals surface area contributed by atoms with E-state index in [1.807, 2.05) is 19.1 Å². The lowest BCUT2D eigenvalue weighted by Gasteiger charge is -2.33. The van der Waals surface area contributed by atoms with E-state index in [-0.39, 0.29) is 18.2 Å². The molecule has 0 bridgehead atoms. The first kappa shape index (κ1) is 15.4. The Morgan fingerprint density at radius 2 is 1.90 bits per heavy atom. The van der Waals surface area contributed by atoms with Crippen LogP contribution < -0.4 is 5.73 Å². The van der Waals surface area contributed by atoms with Crippen molar-refractivity contribution in [3.63, 3.8) is 0 Å². The van der Waals surface area contributed by atoms with Gasteiger partial charge in [0.25, 0.3) is 0 Å². The summed E-state index contributed by atoms with van der Waals surface area (Å²) >= 11 is 0. The molecule has 2 rings (SSSR count). The Labute approximate surface area is 120 Å². The van der Waals surface area contributed by atoms with Gasteiger partial charge in [0.05, 0.1) is 11.9 Å². The Bertz CT molecular complexity index is 542. The fourth-order valence-electron chi connectivity index (χ4n) is 2.35. The van der Waals surface area contributed by atoms with Gasteiger partial charge in [0.2, 0.25) is 10.0 Å². The third-order valence-corrected chi connectivity index (χ3v) is 5.70. The minimum absolute atomic E-state index is 0.0288. The van der Waals surface area contributed by atoms with Crippen LogP contribution in [0.2, 0.25) is 0 Å². The molecular formula is C14H22N2O3S. The molecule has 0 radical (unpaired) electrons. The van der Waals surface area contributed by atoms with E-state index in [1.165, 1.54) is 4.31 Å². The Hall–Kier alpha value is -0.950. The van der Waals surface area contributed by atoms with Crippen LogP contribution in [0.1, 0.15) is 24.5 Å². The van der Waals surface area contributed by atoms with E-state index in [0.717, 1.165) is 11.1 Å². The van der Waals surface area contributed by atoms with Crippen molar-refractivity contribution in [3.8, 4) is 0 Å². The molecule has 0 aliphatic carbocycles. The first-order chi connectivity index (χ1) is 9.42. The number of aliphatic hydroxyl groups excluding tert-OH is 1. The van der Waals surface area contributed by atoms with Crippen LogP contribution in [0.25, 0.3) is 0 Å². The van der Waals surface area contributed by atoms with Crippen LogP contribution in [-0.2, 0) is 22.3 Å². The number of nitrogens with two attached hydrogens (primary N) is 1. The van der Waals surface area contributed by atoms with E-state index >= 15 is 0 Å². The van der Waals surface area contributed by atoms with E-state index in [9.17, 15) is 13.5 Å². The lowest BCUT2D eigenvalue weighted by Crippen LogP contribution is -2.46. The van der Waals surface area contributed by atoms with E-state index < -0.39 is 16.1 Å². The molecule has 2 atom stereocenters. The second kappa shape index (κ2) is 6.22. The lowest BCUT2D eigenvalue weighted by molar-refractivity contribution is 0.0604. The van der Waals surface area contributed by atoms with Crippen molar-refractivity contribution in [3.05, 3.63) is 35.4 Å². The van der Waals surface area contributed by atoms with Crippen molar-refractivity contribution in [2.75, 3.05) is 13.1 Å². The highest BCUT2D eigenvalue weighted by Crippen LogP contribution is 2.21. The zero-order valence-corrected chi connectivity index (χ0v) is 12.5. The van der Waals surface area contributed by atoms with E-state index in [1.54, 1.807) is 12.1 Å². The van der Waals surface area contributed by atoms with Crippen molar-refractivity contribution in [2.24, 2.45) is 11.7 Å². The largest absolute Gasteiger partial charge is 0.391 e. The van der Waals surface area contributed by atoms with Gasteiger partial charge < -0.3 is 10.8 Å². The molecule has 112 valence electrons. The van der Waals surface area contributed by atoms with Gasteiger partial charge in [-0.25, -0.2) is 8.42 Å². The van der Waals surface area contributed by atoms with Crippen LogP contribution in [-0.4, -0.2) is 37.0 Å². The van der Waals surface area contributed by atoms with Crippen LogP contribution in [0, 0.1) is 5.92 Å². The van der Waals surface area contributed by atoms with Crippen LogP contribution in [0.5, 0.6) is 0 Å². The second-order valence-corrected chi connectivity index (χ2v) is 7.44. The number of nitrogens with zero attached hydrogens (tertiary/aromatic N) is 1. The highest BCUT2D eigenvalue weighted by atomic mass is 32.2. The molecule has 0 spiro atoms. The van der Waals surface area contributed by atoms with Crippen molar-refractivity contribution < 1.29 is 13.5 Å². The number of hydrogen-bond donors (Lipinski definition) is 2. The van der Waals surface area contributed by atoms with Gasteiger partial charge in [0.1, 0.15) is 0 Å². The average molecular weight is 298 g/mol. The molecule has 1 fully saturated rings. The summed E-state index contributed by atoms with van der Waals surface area (Å²) in [7, 11) is -3.37. The molecule has 3 N–H and O–H groups in total. The molecular weight excluding hydrogens is 276 g/mol. The minimum atomic E-state index is -3.37. The second-order valence-electron chi connectivity index (χ2n) is 5.47. The highest BCUT2D eigenvalue weighted by Gasteiger charge is 2.31. The Kier molecular flexibility index (Phi) is 4.80. The molecule has 1 aliphatic rings. The fourth-order valence-corrected chi connectivity index (χ4v) is 3.91. The third kappa shape index (κ3) is 3.58. The van der Waals surface area contributed by atoms with Crippen LogP contribution >= 0.6 is 0 Å². The normalized spacial score (nSPS) is 24.8. The molecule has 1 aliphatic heterocycles. The summed E-state index contributed by atoms with van der Waals surface area (Å²) in [5.74, 6) is 0.129. The topological polar surface area (TPSA) is 83.6 Å². The molecule has 6 heteroatoms. The van der Waals surface area contributed by atoms with Gasteiger partial charge >= 0.3 is 0 Å². The monoisotopic (exact) mass is 298 g/mol. The van der Waals surface area contributed by atoms with Crippen LogP contribution in [0.4, 0.5) is 0 Å². The molecule has 2 unspecified atom stereocenters. The van der Waals surface area contributed by atoms with Gasteiger partial charge in [0, 0.05) is 19.6 Å². The molecule has 0 saturated carbocycles. The average Bonchev–Trinajstić information content (AvgIpc) is 2.42. The van der Waals surface area contributed by atoms with Gasteiger partial charge in [-0.3, -0.25) is 0 Å². The van der Waals surface area contributed by atoms with Gasteiger partial charge in [-0.05, 0) is 23.5 Å². The number of benzene rings is 1. The summed E-state index contributed by atoms with van der Waals surface area (Å²) in [6, 6.07) is 7.28. The van der Waals surface area contributed by atoms with Crippen LogP contribution in [0.3, 0.4) is 0 Å². The number of β-amino-alcohol motifs (C(OH)–C–C–N with tert-alkyl or cyclic N) is 1. The van der Waals surface area contributed by atoms with E-state index in [0.29, 0.717) is 19.5 Å². The quantitative estimate of drug-likeness (QED) is 0.856. The van der Waals surface area contributed by atoms with Crippen molar-refractivity contribution in [1.82, 2.24) is 4.31 Å². The predicted octanol–water partition coefficient (Wildman–Crippen LogP) is 0.678. The maximum atomic E-state index is 12.4. The zero-order valence-electron chi connectivity index (χ0n) is 11.7. The van der Waals surface area contributed by atoms with E-state index in [2.05, 4.69) is 0 Å². The highest BCUT2D eigenvalue weighted by molar-refractivity contribution is 7.88. The first-order valence-electron chi connectivity index (χ1n) is 6.86. The predicted molar refractivity (Wildman–Crippen MR) is 78.3 cm³/mol. The minimum Gasteiger partial charge on any atom is -0.391 e. The Balaban J connectivity index is 2.06. The van der Waals surface area contributed by atoms with Crippen molar-refractivity contribution in [1.29, 1.82) is 0 Å². The maximum absolute atomic E-state index is 12.4. The summed E-state index contributed by atoms with van der Waals surface area (Å²) in [6.45, 7) is 3.08. The molecule has 1 aromatic rings. The molecule has 5 nitrogen and oxygen atoms in total. The fraction of sp³-hybridized carbons (Fsp3) is 0.571. The Morgan fingerprint density at radius 1 is 1.30 bits per heavy atom. The summed E-state index contributed by atoms with van der Waals surface area (Å²) in [5.41, 5.74) is 7.24. The number of hydrogen-bond acceptors (Lipinski definition) is 4. The summed E-state index contributed by atoms with van der Waals surface area (Å²) in [5, 5.41) is 9.83. The summed E-state index contributed by atoms with van der Waals surface area (Å²) < 4.78 is 26.1. The number of rotatable bonds is 4. The lowest BCUT2D eigenvalue weighted by atomic mass is 9.98. The summed E-state index contributed by atoms with van der Waals surface area (Å²) in [4.78, 5) is 0. The van der Waals surface area contributed by atoms with E-state index in [4.69, 9.17) is 5.73 Å². The van der Waals surface area contributed by atoms with Crippen molar-refractivity contribution in [2.45, 2.75) is 31.7 Å². The van der Waals surface area contributed by atoms with Crippen LogP contribution in [0.15, 0.2) is 24.3 Å². The first-order valence-corrected chi connectivity index (χ1v) is 8.47. The molecule has 0 aromatic heterocycles. The number of sulfonamides is 1. The molecule has 1 heterocycles. The smallest absolute Gasteiger partial charge is 0.218 e. The van der Waals surface area contributed by atoms with Gasteiger partial charge in [-0.1, -0.05) is 31.2 Å². The number of piperidine rings is 1. The van der Waals surface area contributed by atoms with Gasteiger partial charge in [-0.15, -0.1) is 0 Å². The maximum Gasteiger partial charge on any atom is 0.218 e.